The number of hydrogen-bond acceptors (Lipinski definition) is 4. The zero-order chi connectivity index (χ0) is 19.9. The monoisotopic (exact) mass is 387 g/mol. The number of likely N-dealkylation sites (tertiary alicyclic amines) is 1. The van der Waals surface area contributed by atoms with E-state index in [0.717, 1.165) is 5.56 Å². The number of amides is 1. The molecule has 0 aromatic heterocycles. The molecule has 0 bridgehead atoms. The fourth-order valence-electron chi connectivity index (χ4n) is 2.82. The molecule has 1 saturated heterocycles. The molecule has 0 saturated carbocycles. The second-order valence-corrected chi connectivity index (χ2v) is 6.31. The lowest BCUT2D eigenvalue weighted by molar-refractivity contribution is -0.143. The first-order valence-electron chi connectivity index (χ1n) is 8.51. The summed E-state index contributed by atoms with van der Waals surface area (Å²) in [5, 5.41) is 6.26. The Morgan fingerprint density at radius 1 is 1.44 bits per heavy atom. The van der Waals surface area contributed by atoms with E-state index >= 15 is 0 Å². The number of nitrogens with one attached hydrogen (secondary N) is 2. The minimum atomic E-state index is -4.18. The van der Waals surface area contributed by atoms with Crippen LogP contribution >= 0.6 is 0 Å². The molecule has 1 aromatic rings. The second-order valence-electron chi connectivity index (χ2n) is 6.31. The smallest absolute Gasteiger partial charge is 0.401 e. The summed E-state index contributed by atoms with van der Waals surface area (Å²) >= 11 is 0. The summed E-state index contributed by atoms with van der Waals surface area (Å²) in [6.07, 6.45) is -3.57. The van der Waals surface area contributed by atoms with Crippen molar-refractivity contribution in [2.45, 2.75) is 25.2 Å². The molecule has 1 heterocycles. The third-order valence-electron chi connectivity index (χ3n) is 3.98. The number of guanidine groups is 1. The maximum absolute atomic E-state index is 12.5. The van der Waals surface area contributed by atoms with Gasteiger partial charge in [-0.15, -0.1) is 0 Å². The number of halogens is 3. The Hall–Kier alpha value is -2.49. The second kappa shape index (κ2) is 9.45. The first kappa shape index (κ1) is 20.8. The van der Waals surface area contributed by atoms with Gasteiger partial charge in [0, 0.05) is 32.7 Å². The van der Waals surface area contributed by atoms with Crippen LogP contribution in [0, 0.1) is 0 Å². The minimum Gasteiger partial charge on any atom is -0.484 e. The third-order valence-corrected chi connectivity index (χ3v) is 3.98. The maximum Gasteiger partial charge on any atom is 0.401 e. The van der Waals surface area contributed by atoms with Gasteiger partial charge in [-0.2, -0.15) is 13.2 Å². The fraction of sp³-hybridized carbons (Fsp3) is 0.529. The zero-order valence-electron chi connectivity index (χ0n) is 15.1. The van der Waals surface area contributed by atoms with Gasteiger partial charge in [0.2, 0.25) is 0 Å². The van der Waals surface area contributed by atoms with Crippen molar-refractivity contribution in [2.24, 2.45) is 10.7 Å². The topological polar surface area (TPSA) is 92.0 Å². The Balaban J connectivity index is 1.81. The molecule has 1 aliphatic heterocycles. The number of primary amides is 1. The van der Waals surface area contributed by atoms with Gasteiger partial charge >= 0.3 is 6.18 Å². The number of ether oxygens (including phenoxy) is 1. The van der Waals surface area contributed by atoms with Crippen LogP contribution in [0.4, 0.5) is 13.2 Å². The fourth-order valence-corrected chi connectivity index (χ4v) is 2.82. The van der Waals surface area contributed by atoms with Crippen molar-refractivity contribution in [3.63, 3.8) is 0 Å². The summed E-state index contributed by atoms with van der Waals surface area (Å²) < 4.78 is 42.7. The number of carbonyl (C=O) groups is 1. The summed E-state index contributed by atoms with van der Waals surface area (Å²) in [6.45, 7) is 0.0576. The molecule has 27 heavy (non-hydrogen) atoms. The van der Waals surface area contributed by atoms with E-state index in [4.69, 9.17) is 10.5 Å². The van der Waals surface area contributed by atoms with Gasteiger partial charge in [0.1, 0.15) is 5.75 Å². The molecular formula is C17H24F3N5O2. The van der Waals surface area contributed by atoms with E-state index in [1.165, 1.54) is 4.90 Å². The molecule has 150 valence electrons. The SMILES string of the molecule is CN=C(NCc1cccc(OCC(N)=O)c1)NC1CCN(CC(F)(F)F)C1. The molecule has 0 radical (unpaired) electrons. The van der Waals surface area contributed by atoms with Crippen LogP contribution in [-0.2, 0) is 11.3 Å². The highest BCUT2D eigenvalue weighted by molar-refractivity contribution is 5.80. The first-order chi connectivity index (χ1) is 12.7. The summed E-state index contributed by atoms with van der Waals surface area (Å²) in [6, 6.07) is 7.05. The Morgan fingerprint density at radius 2 is 2.22 bits per heavy atom. The number of hydrogen-bond donors (Lipinski definition) is 3. The van der Waals surface area contributed by atoms with Crippen molar-refractivity contribution < 1.29 is 22.7 Å². The van der Waals surface area contributed by atoms with Crippen LogP contribution < -0.4 is 21.1 Å². The van der Waals surface area contributed by atoms with E-state index in [2.05, 4.69) is 15.6 Å². The number of nitrogens with two attached hydrogens (primary N) is 1. The summed E-state index contributed by atoms with van der Waals surface area (Å²) in [5.41, 5.74) is 5.94. The molecule has 1 fully saturated rings. The van der Waals surface area contributed by atoms with Crippen LogP contribution in [-0.4, -0.2) is 62.3 Å². The van der Waals surface area contributed by atoms with Crippen LogP contribution in [0.1, 0.15) is 12.0 Å². The Kier molecular flexibility index (Phi) is 7.28. The van der Waals surface area contributed by atoms with Crippen molar-refractivity contribution in [3.8, 4) is 5.75 Å². The molecule has 4 N–H and O–H groups in total. The maximum atomic E-state index is 12.5. The molecule has 7 nitrogen and oxygen atoms in total. The molecule has 0 spiro atoms. The van der Waals surface area contributed by atoms with Gasteiger partial charge in [-0.05, 0) is 24.1 Å². The predicted molar refractivity (Wildman–Crippen MR) is 95.4 cm³/mol. The summed E-state index contributed by atoms with van der Waals surface area (Å²) in [7, 11) is 1.60. The Labute approximate surface area is 155 Å². The van der Waals surface area contributed by atoms with Gasteiger partial charge < -0.3 is 21.1 Å². The minimum absolute atomic E-state index is 0.0937. The van der Waals surface area contributed by atoms with Crippen LogP contribution in [0.2, 0.25) is 0 Å². The molecular weight excluding hydrogens is 363 g/mol. The first-order valence-corrected chi connectivity index (χ1v) is 8.51. The third kappa shape index (κ3) is 7.73. The number of carbonyl (C=O) groups excluding carboxylic acids is 1. The van der Waals surface area contributed by atoms with Gasteiger partial charge in [0.05, 0.1) is 6.54 Å². The Morgan fingerprint density at radius 3 is 2.89 bits per heavy atom. The van der Waals surface area contributed by atoms with Crippen molar-refractivity contribution >= 4 is 11.9 Å². The highest BCUT2D eigenvalue weighted by atomic mass is 19.4. The normalized spacial score (nSPS) is 18.4. The number of nitrogens with zero attached hydrogens (tertiary/aromatic N) is 2. The van der Waals surface area contributed by atoms with Gasteiger partial charge in [0.25, 0.3) is 5.91 Å². The van der Waals surface area contributed by atoms with E-state index in [1.807, 2.05) is 6.07 Å². The number of rotatable bonds is 7. The molecule has 0 aliphatic carbocycles. The molecule has 1 aromatic carbocycles. The van der Waals surface area contributed by atoms with E-state index in [-0.39, 0.29) is 12.6 Å². The molecule has 2 rings (SSSR count). The zero-order valence-corrected chi connectivity index (χ0v) is 15.1. The molecule has 1 atom stereocenters. The molecule has 1 amide bonds. The molecule has 10 heteroatoms. The number of aliphatic imine (C=N–C) groups is 1. The van der Waals surface area contributed by atoms with Crippen LogP contribution in [0.15, 0.2) is 29.3 Å². The van der Waals surface area contributed by atoms with Crippen molar-refractivity contribution in [3.05, 3.63) is 29.8 Å². The van der Waals surface area contributed by atoms with Crippen molar-refractivity contribution in [1.29, 1.82) is 0 Å². The van der Waals surface area contributed by atoms with Crippen LogP contribution in [0.25, 0.3) is 0 Å². The average Bonchev–Trinajstić information content (AvgIpc) is 3.02. The van der Waals surface area contributed by atoms with Crippen LogP contribution in [0.5, 0.6) is 5.75 Å². The average molecular weight is 387 g/mol. The standard InChI is InChI=1S/C17H24F3N5O2/c1-22-16(24-13-5-6-25(9-13)11-17(18,19)20)23-8-12-3-2-4-14(7-12)27-10-15(21)26/h2-4,7,13H,5-6,8-11H2,1H3,(H2,21,26)(H2,22,23,24). The summed E-state index contributed by atoms with van der Waals surface area (Å²) in [4.78, 5) is 16.3. The van der Waals surface area contributed by atoms with E-state index in [9.17, 15) is 18.0 Å². The van der Waals surface area contributed by atoms with Gasteiger partial charge in [-0.25, -0.2) is 0 Å². The largest absolute Gasteiger partial charge is 0.484 e. The van der Waals surface area contributed by atoms with Gasteiger partial charge in [0.15, 0.2) is 12.6 Å². The Bertz CT molecular complexity index is 666. The number of benzene rings is 1. The lowest BCUT2D eigenvalue weighted by Crippen LogP contribution is -2.44. The van der Waals surface area contributed by atoms with Crippen molar-refractivity contribution in [1.82, 2.24) is 15.5 Å². The van der Waals surface area contributed by atoms with E-state index < -0.39 is 18.6 Å². The lowest BCUT2D eigenvalue weighted by atomic mass is 10.2. The molecule has 1 unspecified atom stereocenters. The number of alkyl halides is 3. The van der Waals surface area contributed by atoms with Crippen molar-refractivity contribution in [2.75, 3.05) is 33.3 Å². The molecule has 1 aliphatic rings. The highest BCUT2D eigenvalue weighted by Crippen LogP contribution is 2.20. The van der Waals surface area contributed by atoms with E-state index in [0.29, 0.717) is 37.8 Å². The van der Waals surface area contributed by atoms with Gasteiger partial charge in [-0.1, -0.05) is 12.1 Å². The van der Waals surface area contributed by atoms with E-state index in [1.54, 1.807) is 25.2 Å². The quantitative estimate of drug-likeness (QED) is 0.477. The summed E-state index contributed by atoms with van der Waals surface area (Å²) in [5.74, 6) is 0.478. The predicted octanol–water partition coefficient (Wildman–Crippen LogP) is 0.852. The van der Waals surface area contributed by atoms with Crippen LogP contribution in [0.3, 0.4) is 0 Å². The highest BCUT2D eigenvalue weighted by Gasteiger charge is 2.34. The lowest BCUT2D eigenvalue weighted by Gasteiger charge is -2.20. The van der Waals surface area contributed by atoms with Gasteiger partial charge in [-0.3, -0.25) is 14.7 Å².